The topological polar surface area (TPSA) is 34.0 Å². The second-order valence-electron chi connectivity index (χ2n) is 7.30. The average molecular weight is 431 g/mol. The number of nitrogens with zero attached hydrogens (tertiary/aromatic N) is 4. The van der Waals surface area contributed by atoms with Crippen LogP contribution in [0.4, 0.5) is 4.39 Å². The number of likely N-dealkylation sites (tertiary alicyclic amines) is 1. The molecule has 1 saturated heterocycles. The van der Waals surface area contributed by atoms with Gasteiger partial charge in [-0.15, -0.1) is 10.2 Å². The zero-order valence-corrected chi connectivity index (χ0v) is 17.8. The maximum atomic E-state index is 14.2. The van der Waals surface area contributed by atoms with Crippen LogP contribution in [0.25, 0.3) is 0 Å². The predicted octanol–water partition coefficient (Wildman–Crippen LogP) is 5.40. The standard InChI is InChI=1S/C22H24ClFN4S/c23-19-10-7-11-20(24)18(19)16-29-22-26-25-21(15-27-12-5-2-6-13-27)28(22)14-17-8-3-1-4-9-17/h1,3-4,7-11H,2,5-6,12-16H2. The van der Waals surface area contributed by atoms with Crippen LogP contribution in [-0.2, 0) is 18.8 Å². The van der Waals surface area contributed by atoms with E-state index in [4.69, 9.17) is 11.6 Å². The number of hydrogen-bond acceptors (Lipinski definition) is 4. The largest absolute Gasteiger partial charge is 0.300 e. The quantitative estimate of drug-likeness (QED) is 0.470. The first-order valence-corrected chi connectivity index (χ1v) is 11.3. The Morgan fingerprint density at radius 3 is 2.48 bits per heavy atom. The Kier molecular flexibility index (Phi) is 6.85. The van der Waals surface area contributed by atoms with Crippen LogP contribution in [0.2, 0.25) is 5.02 Å². The second-order valence-corrected chi connectivity index (χ2v) is 8.65. The highest BCUT2D eigenvalue weighted by molar-refractivity contribution is 7.98. The lowest BCUT2D eigenvalue weighted by Crippen LogP contribution is -2.30. The van der Waals surface area contributed by atoms with Crippen LogP contribution in [0, 0.1) is 5.82 Å². The van der Waals surface area contributed by atoms with Crippen LogP contribution in [0.5, 0.6) is 0 Å². The van der Waals surface area contributed by atoms with E-state index in [1.165, 1.54) is 42.7 Å². The van der Waals surface area contributed by atoms with E-state index in [1.54, 1.807) is 12.1 Å². The molecular weight excluding hydrogens is 407 g/mol. The van der Waals surface area contributed by atoms with Crippen molar-refractivity contribution in [1.82, 2.24) is 19.7 Å². The summed E-state index contributed by atoms with van der Waals surface area (Å²) >= 11 is 7.67. The van der Waals surface area contributed by atoms with Gasteiger partial charge in [-0.2, -0.15) is 0 Å². The molecule has 1 aliphatic heterocycles. The molecule has 0 atom stereocenters. The van der Waals surface area contributed by atoms with Gasteiger partial charge >= 0.3 is 0 Å². The first kappa shape index (κ1) is 20.4. The summed E-state index contributed by atoms with van der Waals surface area (Å²) in [6, 6.07) is 15.1. The lowest BCUT2D eigenvalue weighted by Gasteiger charge is -2.26. The number of hydrogen-bond donors (Lipinski definition) is 0. The monoisotopic (exact) mass is 430 g/mol. The van der Waals surface area contributed by atoms with Crippen LogP contribution >= 0.6 is 23.4 Å². The Hall–Kier alpha value is -1.89. The fourth-order valence-corrected chi connectivity index (χ4v) is 4.89. The molecule has 0 saturated carbocycles. The molecule has 1 fully saturated rings. The van der Waals surface area contributed by atoms with E-state index < -0.39 is 0 Å². The molecule has 0 amide bonds. The van der Waals surface area contributed by atoms with Gasteiger partial charge in [-0.05, 0) is 43.6 Å². The first-order chi connectivity index (χ1) is 14.2. The van der Waals surface area contributed by atoms with Crippen molar-refractivity contribution in [3.63, 3.8) is 0 Å². The number of piperidine rings is 1. The van der Waals surface area contributed by atoms with Crippen molar-refractivity contribution in [2.45, 2.75) is 43.3 Å². The second kappa shape index (κ2) is 9.74. The molecule has 0 bridgehead atoms. The van der Waals surface area contributed by atoms with Gasteiger partial charge in [0.05, 0.1) is 13.1 Å². The minimum Gasteiger partial charge on any atom is -0.300 e. The third kappa shape index (κ3) is 5.18. The van der Waals surface area contributed by atoms with Crippen LogP contribution in [0.1, 0.15) is 36.2 Å². The molecule has 0 N–H and O–H groups in total. The molecule has 4 rings (SSSR count). The van der Waals surface area contributed by atoms with Crippen LogP contribution in [-0.4, -0.2) is 32.8 Å². The third-order valence-corrected chi connectivity index (χ3v) is 6.55. The van der Waals surface area contributed by atoms with Gasteiger partial charge in [0, 0.05) is 16.3 Å². The molecule has 1 aromatic heterocycles. The van der Waals surface area contributed by atoms with Gasteiger partial charge in [0.25, 0.3) is 0 Å². The van der Waals surface area contributed by atoms with Crippen molar-refractivity contribution in [3.8, 4) is 0 Å². The first-order valence-electron chi connectivity index (χ1n) is 9.95. The van der Waals surface area contributed by atoms with Crippen molar-refractivity contribution in [2.24, 2.45) is 0 Å². The van der Waals surface area contributed by atoms with Crippen molar-refractivity contribution in [3.05, 3.63) is 76.3 Å². The number of thioether (sulfide) groups is 1. The summed E-state index contributed by atoms with van der Waals surface area (Å²) in [5, 5.41) is 10.2. The van der Waals surface area contributed by atoms with E-state index in [2.05, 4.69) is 31.8 Å². The molecule has 0 radical (unpaired) electrons. The van der Waals surface area contributed by atoms with E-state index >= 15 is 0 Å². The van der Waals surface area contributed by atoms with Gasteiger partial charge in [0.15, 0.2) is 5.16 Å². The summed E-state index contributed by atoms with van der Waals surface area (Å²) in [6.45, 7) is 3.70. The van der Waals surface area contributed by atoms with Crippen molar-refractivity contribution in [1.29, 1.82) is 0 Å². The van der Waals surface area contributed by atoms with Crippen molar-refractivity contribution in [2.75, 3.05) is 13.1 Å². The maximum Gasteiger partial charge on any atom is 0.191 e. The number of aromatic nitrogens is 3. The van der Waals surface area contributed by atoms with Crippen molar-refractivity contribution >= 4 is 23.4 Å². The van der Waals surface area contributed by atoms with E-state index in [-0.39, 0.29) is 5.82 Å². The summed E-state index contributed by atoms with van der Waals surface area (Å²) in [7, 11) is 0. The fraction of sp³-hybridized carbons (Fsp3) is 0.364. The molecule has 0 unspecified atom stereocenters. The Morgan fingerprint density at radius 1 is 0.931 bits per heavy atom. The summed E-state index contributed by atoms with van der Waals surface area (Å²) in [6.07, 6.45) is 3.78. The molecular formula is C22H24ClFN4S. The van der Waals surface area contributed by atoms with Crippen LogP contribution < -0.4 is 0 Å². The van der Waals surface area contributed by atoms with Gasteiger partial charge in [-0.3, -0.25) is 4.90 Å². The summed E-state index contributed by atoms with van der Waals surface area (Å²) in [5.41, 5.74) is 1.70. The minimum atomic E-state index is -0.285. The Balaban J connectivity index is 1.56. The number of rotatable bonds is 7. The molecule has 4 nitrogen and oxygen atoms in total. The molecule has 0 aliphatic carbocycles. The highest BCUT2D eigenvalue weighted by atomic mass is 35.5. The lowest BCUT2D eigenvalue weighted by molar-refractivity contribution is 0.213. The normalized spacial score (nSPS) is 15.0. The third-order valence-electron chi connectivity index (χ3n) is 5.20. The molecule has 29 heavy (non-hydrogen) atoms. The number of halogens is 2. The Labute approximate surface area is 180 Å². The summed E-state index contributed by atoms with van der Waals surface area (Å²) < 4.78 is 16.3. The minimum absolute atomic E-state index is 0.285. The van der Waals surface area contributed by atoms with E-state index in [1.807, 2.05) is 18.2 Å². The zero-order valence-electron chi connectivity index (χ0n) is 16.2. The smallest absolute Gasteiger partial charge is 0.191 e. The zero-order chi connectivity index (χ0) is 20.1. The summed E-state index contributed by atoms with van der Waals surface area (Å²) in [4.78, 5) is 2.44. The molecule has 7 heteroatoms. The van der Waals surface area contributed by atoms with Gasteiger partial charge in [-0.1, -0.05) is 66.2 Å². The van der Waals surface area contributed by atoms with E-state index in [0.29, 0.717) is 22.9 Å². The maximum absolute atomic E-state index is 14.2. The molecule has 3 aromatic rings. The average Bonchev–Trinajstić information content (AvgIpc) is 3.10. The van der Waals surface area contributed by atoms with Gasteiger partial charge in [0.2, 0.25) is 0 Å². The highest BCUT2D eigenvalue weighted by Crippen LogP contribution is 2.29. The lowest BCUT2D eigenvalue weighted by atomic mass is 10.1. The van der Waals surface area contributed by atoms with Crippen molar-refractivity contribution < 1.29 is 4.39 Å². The van der Waals surface area contributed by atoms with E-state index in [0.717, 1.165) is 30.6 Å². The molecule has 2 aromatic carbocycles. The molecule has 0 spiro atoms. The SMILES string of the molecule is Fc1cccc(Cl)c1CSc1nnc(CN2CCCCC2)n1Cc1ccccc1. The molecule has 1 aliphatic rings. The number of benzene rings is 2. The van der Waals surface area contributed by atoms with E-state index in [9.17, 15) is 4.39 Å². The van der Waals surface area contributed by atoms with Crippen LogP contribution in [0.15, 0.2) is 53.7 Å². The Morgan fingerprint density at radius 2 is 1.72 bits per heavy atom. The van der Waals surface area contributed by atoms with Gasteiger partial charge in [-0.25, -0.2) is 4.39 Å². The predicted molar refractivity (Wildman–Crippen MR) is 116 cm³/mol. The highest BCUT2D eigenvalue weighted by Gasteiger charge is 2.19. The van der Waals surface area contributed by atoms with Crippen LogP contribution in [0.3, 0.4) is 0 Å². The van der Waals surface area contributed by atoms with Gasteiger partial charge in [0.1, 0.15) is 11.6 Å². The molecule has 2 heterocycles. The Bertz CT molecular complexity index is 921. The van der Waals surface area contributed by atoms with Gasteiger partial charge < -0.3 is 4.57 Å². The summed E-state index contributed by atoms with van der Waals surface area (Å²) in [5.74, 6) is 1.09. The molecule has 152 valence electrons. The fourth-order valence-electron chi connectivity index (χ4n) is 3.59.